The van der Waals surface area contributed by atoms with Gasteiger partial charge in [0.05, 0.1) is 6.10 Å². The molecular formula is C11H12OS2. The van der Waals surface area contributed by atoms with Gasteiger partial charge >= 0.3 is 0 Å². The molecule has 74 valence electrons. The molecule has 0 aliphatic heterocycles. The van der Waals surface area contributed by atoms with E-state index in [0.29, 0.717) is 0 Å². The van der Waals surface area contributed by atoms with E-state index in [1.165, 1.54) is 9.75 Å². The van der Waals surface area contributed by atoms with E-state index >= 15 is 0 Å². The zero-order valence-corrected chi connectivity index (χ0v) is 9.82. The van der Waals surface area contributed by atoms with Crippen LogP contribution in [0.25, 0.3) is 9.75 Å². The number of ether oxygens (including phenoxy) is 1. The van der Waals surface area contributed by atoms with E-state index in [0.717, 1.165) is 5.75 Å². The second-order valence-corrected chi connectivity index (χ2v) is 5.15. The van der Waals surface area contributed by atoms with E-state index in [2.05, 4.69) is 29.0 Å². The summed E-state index contributed by atoms with van der Waals surface area (Å²) in [6.45, 7) is 4.09. The summed E-state index contributed by atoms with van der Waals surface area (Å²) >= 11 is 3.50. The van der Waals surface area contributed by atoms with Crippen molar-refractivity contribution < 1.29 is 4.74 Å². The molecule has 3 heteroatoms. The molecule has 14 heavy (non-hydrogen) atoms. The Balaban J connectivity index is 2.18. The Bertz CT molecular complexity index is 387. The lowest BCUT2D eigenvalue weighted by Gasteiger charge is -2.05. The molecule has 0 amide bonds. The van der Waals surface area contributed by atoms with Crippen LogP contribution < -0.4 is 4.74 Å². The molecule has 0 aromatic carbocycles. The summed E-state index contributed by atoms with van der Waals surface area (Å²) in [5, 5.41) is 4.16. The smallest absolute Gasteiger partial charge is 0.131 e. The minimum absolute atomic E-state index is 0.251. The van der Waals surface area contributed by atoms with E-state index in [1.54, 1.807) is 22.7 Å². The third-order valence-corrected chi connectivity index (χ3v) is 3.69. The van der Waals surface area contributed by atoms with Gasteiger partial charge in [-0.25, -0.2) is 0 Å². The highest BCUT2D eigenvalue weighted by molar-refractivity contribution is 7.20. The molecule has 0 fully saturated rings. The van der Waals surface area contributed by atoms with Crippen LogP contribution in [0.2, 0.25) is 0 Å². The molecule has 2 aromatic heterocycles. The fraction of sp³-hybridized carbons (Fsp3) is 0.273. The van der Waals surface area contributed by atoms with Gasteiger partial charge in [-0.15, -0.1) is 22.7 Å². The molecule has 0 atom stereocenters. The minimum Gasteiger partial charge on any atom is -0.490 e. The lowest BCUT2D eigenvalue weighted by molar-refractivity contribution is 0.243. The molecule has 2 heterocycles. The lowest BCUT2D eigenvalue weighted by atomic mass is 10.4. The molecule has 0 bridgehead atoms. The Morgan fingerprint density at radius 3 is 2.71 bits per heavy atom. The van der Waals surface area contributed by atoms with Crippen molar-refractivity contribution in [1.29, 1.82) is 0 Å². The predicted octanol–water partition coefficient (Wildman–Crippen LogP) is 4.26. The molecule has 1 nitrogen and oxygen atoms in total. The van der Waals surface area contributed by atoms with Gasteiger partial charge < -0.3 is 4.74 Å². The topological polar surface area (TPSA) is 9.23 Å². The zero-order chi connectivity index (χ0) is 9.97. The van der Waals surface area contributed by atoms with E-state index in [1.807, 2.05) is 13.8 Å². The lowest BCUT2D eigenvalue weighted by Crippen LogP contribution is -2.04. The van der Waals surface area contributed by atoms with E-state index in [-0.39, 0.29) is 6.10 Å². The summed E-state index contributed by atoms with van der Waals surface area (Å²) in [6, 6.07) is 6.31. The molecule has 0 aliphatic rings. The summed E-state index contributed by atoms with van der Waals surface area (Å²) in [7, 11) is 0. The van der Waals surface area contributed by atoms with Crippen molar-refractivity contribution in [3.8, 4) is 15.5 Å². The van der Waals surface area contributed by atoms with Gasteiger partial charge in [0.2, 0.25) is 0 Å². The first kappa shape index (κ1) is 9.74. The molecule has 0 N–H and O–H groups in total. The quantitative estimate of drug-likeness (QED) is 0.756. The first-order chi connectivity index (χ1) is 6.75. The molecule has 2 aromatic rings. The number of thiophene rings is 2. The monoisotopic (exact) mass is 224 g/mol. The largest absolute Gasteiger partial charge is 0.490 e. The zero-order valence-electron chi connectivity index (χ0n) is 8.19. The van der Waals surface area contributed by atoms with Gasteiger partial charge in [0.1, 0.15) is 5.75 Å². The summed E-state index contributed by atoms with van der Waals surface area (Å²) in [5.74, 6) is 0.980. The Hall–Kier alpha value is -0.800. The summed E-state index contributed by atoms with van der Waals surface area (Å²) in [5.41, 5.74) is 0. The third kappa shape index (κ3) is 2.16. The predicted molar refractivity (Wildman–Crippen MR) is 63.4 cm³/mol. The van der Waals surface area contributed by atoms with Crippen molar-refractivity contribution in [1.82, 2.24) is 0 Å². The van der Waals surface area contributed by atoms with Crippen molar-refractivity contribution in [2.45, 2.75) is 20.0 Å². The maximum Gasteiger partial charge on any atom is 0.131 e. The van der Waals surface area contributed by atoms with Gasteiger partial charge in [-0.05, 0) is 31.4 Å². The van der Waals surface area contributed by atoms with E-state index < -0.39 is 0 Å². The summed E-state index contributed by atoms with van der Waals surface area (Å²) in [6.07, 6.45) is 0.251. The average Bonchev–Trinajstić information content (AvgIpc) is 2.69. The highest BCUT2D eigenvalue weighted by atomic mass is 32.1. The first-order valence-electron chi connectivity index (χ1n) is 4.55. The molecule has 0 saturated carbocycles. The van der Waals surface area contributed by atoms with Crippen LogP contribution in [0.1, 0.15) is 13.8 Å². The van der Waals surface area contributed by atoms with Gasteiger partial charge in [-0.1, -0.05) is 6.07 Å². The van der Waals surface area contributed by atoms with Crippen molar-refractivity contribution in [3.63, 3.8) is 0 Å². The normalized spacial score (nSPS) is 10.8. The maximum absolute atomic E-state index is 5.61. The molecule has 0 radical (unpaired) electrons. The number of hydrogen-bond acceptors (Lipinski definition) is 3. The van der Waals surface area contributed by atoms with Crippen LogP contribution in [-0.4, -0.2) is 6.10 Å². The number of rotatable bonds is 3. The fourth-order valence-corrected chi connectivity index (χ4v) is 2.86. The molecule has 2 rings (SSSR count). The van der Waals surface area contributed by atoms with Crippen LogP contribution in [0.15, 0.2) is 29.0 Å². The highest BCUT2D eigenvalue weighted by Crippen LogP contribution is 2.34. The van der Waals surface area contributed by atoms with Gasteiger partial charge in [-0.2, -0.15) is 0 Å². The van der Waals surface area contributed by atoms with Crippen LogP contribution in [0, 0.1) is 0 Å². The molecule has 0 spiro atoms. The summed E-state index contributed by atoms with van der Waals surface area (Å²) in [4.78, 5) is 2.60. The van der Waals surface area contributed by atoms with Gasteiger partial charge in [0, 0.05) is 15.1 Å². The molecule has 0 unspecified atom stereocenters. The summed E-state index contributed by atoms with van der Waals surface area (Å²) < 4.78 is 5.61. The second kappa shape index (κ2) is 4.15. The fourth-order valence-electron chi connectivity index (χ4n) is 1.20. The van der Waals surface area contributed by atoms with Crippen LogP contribution >= 0.6 is 22.7 Å². The number of hydrogen-bond donors (Lipinski definition) is 0. The minimum atomic E-state index is 0.251. The van der Waals surface area contributed by atoms with E-state index in [9.17, 15) is 0 Å². The van der Waals surface area contributed by atoms with Gasteiger partial charge in [0.15, 0.2) is 0 Å². The van der Waals surface area contributed by atoms with Crippen molar-refractivity contribution >= 4 is 22.7 Å². The molecular weight excluding hydrogens is 212 g/mol. The Kier molecular flexibility index (Phi) is 2.89. The van der Waals surface area contributed by atoms with Crippen LogP contribution in [0.4, 0.5) is 0 Å². The third-order valence-electron chi connectivity index (χ3n) is 1.71. The first-order valence-corrected chi connectivity index (χ1v) is 6.30. The van der Waals surface area contributed by atoms with Crippen LogP contribution in [0.5, 0.6) is 5.75 Å². The van der Waals surface area contributed by atoms with Crippen LogP contribution in [-0.2, 0) is 0 Å². The van der Waals surface area contributed by atoms with Gasteiger partial charge in [-0.3, -0.25) is 0 Å². The van der Waals surface area contributed by atoms with Crippen molar-refractivity contribution in [2.24, 2.45) is 0 Å². The highest BCUT2D eigenvalue weighted by Gasteiger charge is 2.05. The molecule has 0 aliphatic carbocycles. The molecule has 0 saturated heterocycles. The Morgan fingerprint density at radius 1 is 1.21 bits per heavy atom. The maximum atomic E-state index is 5.61. The Labute approximate surface area is 92.0 Å². The van der Waals surface area contributed by atoms with Crippen molar-refractivity contribution in [2.75, 3.05) is 0 Å². The standard InChI is InChI=1S/C11H12OS2/c1-8(2)12-9-6-11(14-7-9)10-4-3-5-13-10/h3-8H,1-2H3. The second-order valence-electron chi connectivity index (χ2n) is 3.29. The van der Waals surface area contributed by atoms with Crippen LogP contribution in [0.3, 0.4) is 0 Å². The van der Waals surface area contributed by atoms with Gasteiger partial charge in [0.25, 0.3) is 0 Å². The van der Waals surface area contributed by atoms with Crippen molar-refractivity contribution in [3.05, 3.63) is 29.0 Å². The average molecular weight is 224 g/mol. The Morgan fingerprint density at radius 2 is 2.07 bits per heavy atom. The van der Waals surface area contributed by atoms with E-state index in [4.69, 9.17) is 4.74 Å². The SMILES string of the molecule is CC(C)Oc1csc(-c2cccs2)c1.